The number of benzene rings is 3. The highest BCUT2D eigenvalue weighted by atomic mass is 14.9. The minimum atomic E-state index is 0.905. The van der Waals surface area contributed by atoms with Crippen LogP contribution >= 0.6 is 0 Å². The van der Waals surface area contributed by atoms with E-state index in [1.165, 1.54) is 16.3 Å². The van der Waals surface area contributed by atoms with Crippen LogP contribution in [0, 0.1) is 6.92 Å². The average molecular weight is 284 g/mol. The van der Waals surface area contributed by atoms with Crippen LogP contribution in [0.4, 0.5) is 0 Å². The molecule has 2 heteroatoms. The van der Waals surface area contributed by atoms with Crippen LogP contribution in [0.5, 0.6) is 0 Å². The van der Waals surface area contributed by atoms with Crippen LogP contribution in [-0.4, -0.2) is 9.97 Å². The van der Waals surface area contributed by atoms with Crippen LogP contribution < -0.4 is 0 Å². The monoisotopic (exact) mass is 284 g/mol. The van der Waals surface area contributed by atoms with E-state index in [1.807, 2.05) is 6.20 Å². The van der Waals surface area contributed by atoms with Crippen LogP contribution in [-0.2, 0) is 0 Å². The van der Waals surface area contributed by atoms with E-state index < -0.39 is 0 Å². The van der Waals surface area contributed by atoms with Crippen molar-refractivity contribution in [3.63, 3.8) is 0 Å². The number of fused-ring (bicyclic) bond motifs is 1. The Hall–Kier alpha value is -2.87. The first-order chi connectivity index (χ1) is 10.8. The number of aromatic nitrogens is 2. The number of H-pyrrole nitrogens is 1. The fourth-order valence-electron chi connectivity index (χ4n) is 2.76. The van der Waals surface area contributed by atoms with Crippen molar-refractivity contribution in [3.05, 3.63) is 78.5 Å². The van der Waals surface area contributed by atoms with Crippen LogP contribution in [0.1, 0.15) is 5.56 Å². The van der Waals surface area contributed by atoms with E-state index in [4.69, 9.17) is 4.98 Å². The Balaban J connectivity index is 1.76. The average Bonchev–Trinajstić information content (AvgIpc) is 3.04. The third-order valence-corrected chi connectivity index (χ3v) is 3.91. The van der Waals surface area contributed by atoms with E-state index in [0.29, 0.717) is 0 Å². The number of nitrogens with zero attached hydrogens (tertiary/aromatic N) is 1. The van der Waals surface area contributed by atoms with E-state index in [-0.39, 0.29) is 0 Å². The van der Waals surface area contributed by atoms with E-state index in [0.717, 1.165) is 22.6 Å². The Bertz CT molecular complexity index is 951. The predicted molar refractivity (Wildman–Crippen MR) is 91.7 cm³/mol. The summed E-state index contributed by atoms with van der Waals surface area (Å²) in [7, 11) is 0. The summed E-state index contributed by atoms with van der Waals surface area (Å²) in [5.74, 6) is 0.905. The Morgan fingerprint density at radius 2 is 1.64 bits per heavy atom. The second-order valence-corrected chi connectivity index (χ2v) is 5.57. The van der Waals surface area contributed by atoms with Crippen molar-refractivity contribution in [3.8, 4) is 22.6 Å². The SMILES string of the molecule is Cc1cccc(-c2c[nH]c(-c3ccc4ccccc4c3)n2)c1. The first-order valence-corrected chi connectivity index (χ1v) is 7.41. The molecule has 0 unspecified atom stereocenters. The Morgan fingerprint density at radius 1 is 0.773 bits per heavy atom. The molecule has 0 aliphatic carbocycles. The highest BCUT2D eigenvalue weighted by molar-refractivity contribution is 5.86. The lowest BCUT2D eigenvalue weighted by atomic mass is 10.1. The van der Waals surface area contributed by atoms with Gasteiger partial charge in [-0.05, 0) is 29.8 Å². The molecule has 1 aromatic heterocycles. The summed E-state index contributed by atoms with van der Waals surface area (Å²) >= 11 is 0. The lowest BCUT2D eigenvalue weighted by Gasteiger charge is -2.01. The van der Waals surface area contributed by atoms with Gasteiger partial charge in [0.15, 0.2) is 0 Å². The lowest BCUT2D eigenvalue weighted by Crippen LogP contribution is -1.82. The second kappa shape index (κ2) is 5.15. The molecular weight excluding hydrogens is 268 g/mol. The molecule has 22 heavy (non-hydrogen) atoms. The van der Waals surface area contributed by atoms with Crippen molar-refractivity contribution < 1.29 is 0 Å². The Morgan fingerprint density at radius 3 is 2.50 bits per heavy atom. The van der Waals surface area contributed by atoms with Gasteiger partial charge in [-0.15, -0.1) is 0 Å². The maximum absolute atomic E-state index is 4.74. The Labute approximate surface area is 129 Å². The van der Waals surface area contributed by atoms with Gasteiger partial charge >= 0.3 is 0 Å². The molecule has 0 aliphatic rings. The summed E-state index contributed by atoms with van der Waals surface area (Å²) in [6.45, 7) is 2.10. The Kier molecular flexibility index (Phi) is 3.01. The summed E-state index contributed by atoms with van der Waals surface area (Å²) in [5.41, 5.74) is 4.47. The molecule has 0 saturated heterocycles. The van der Waals surface area contributed by atoms with Crippen molar-refractivity contribution in [2.45, 2.75) is 6.92 Å². The zero-order valence-electron chi connectivity index (χ0n) is 12.4. The second-order valence-electron chi connectivity index (χ2n) is 5.57. The van der Waals surface area contributed by atoms with Crippen LogP contribution in [0.25, 0.3) is 33.4 Å². The summed E-state index contributed by atoms with van der Waals surface area (Å²) in [6, 6.07) is 23.2. The number of rotatable bonds is 2. The zero-order chi connectivity index (χ0) is 14.9. The maximum Gasteiger partial charge on any atom is 0.138 e. The first-order valence-electron chi connectivity index (χ1n) is 7.41. The molecule has 0 spiro atoms. The molecule has 4 aromatic rings. The van der Waals surface area contributed by atoms with Gasteiger partial charge in [-0.25, -0.2) is 4.98 Å². The third-order valence-electron chi connectivity index (χ3n) is 3.91. The van der Waals surface area contributed by atoms with Gasteiger partial charge in [0.2, 0.25) is 0 Å². The van der Waals surface area contributed by atoms with E-state index in [2.05, 4.69) is 78.6 Å². The molecule has 4 rings (SSSR count). The summed E-state index contributed by atoms with van der Waals surface area (Å²) in [5, 5.41) is 2.48. The van der Waals surface area contributed by atoms with Gasteiger partial charge < -0.3 is 4.98 Å². The van der Waals surface area contributed by atoms with Gasteiger partial charge in [0.1, 0.15) is 5.82 Å². The van der Waals surface area contributed by atoms with Crippen molar-refractivity contribution in [2.75, 3.05) is 0 Å². The number of nitrogens with one attached hydrogen (secondary N) is 1. The number of aryl methyl sites for hydroxylation is 1. The number of hydrogen-bond donors (Lipinski definition) is 1. The summed E-state index contributed by atoms with van der Waals surface area (Å²) < 4.78 is 0. The fraction of sp³-hybridized carbons (Fsp3) is 0.0500. The summed E-state index contributed by atoms with van der Waals surface area (Å²) in [4.78, 5) is 8.04. The summed E-state index contributed by atoms with van der Waals surface area (Å²) in [6.07, 6.45) is 1.97. The molecule has 0 saturated carbocycles. The fourth-order valence-corrected chi connectivity index (χ4v) is 2.76. The van der Waals surface area contributed by atoms with E-state index in [9.17, 15) is 0 Å². The van der Waals surface area contributed by atoms with Crippen molar-refractivity contribution in [1.82, 2.24) is 9.97 Å². The molecule has 106 valence electrons. The van der Waals surface area contributed by atoms with Gasteiger partial charge in [0.05, 0.1) is 5.69 Å². The van der Waals surface area contributed by atoms with Gasteiger partial charge in [0, 0.05) is 17.3 Å². The van der Waals surface area contributed by atoms with Gasteiger partial charge in [-0.3, -0.25) is 0 Å². The lowest BCUT2D eigenvalue weighted by molar-refractivity contribution is 1.31. The normalized spacial score (nSPS) is 11.0. The highest BCUT2D eigenvalue weighted by Crippen LogP contribution is 2.25. The molecule has 1 N–H and O–H groups in total. The van der Waals surface area contributed by atoms with Gasteiger partial charge in [-0.1, -0.05) is 60.2 Å². The largest absolute Gasteiger partial charge is 0.344 e. The molecular formula is C20H16N2. The van der Waals surface area contributed by atoms with Gasteiger partial charge in [0.25, 0.3) is 0 Å². The molecule has 0 fully saturated rings. The number of aromatic amines is 1. The van der Waals surface area contributed by atoms with Crippen LogP contribution in [0.2, 0.25) is 0 Å². The smallest absolute Gasteiger partial charge is 0.138 e. The van der Waals surface area contributed by atoms with E-state index >= 15 is 0 Å². The minimum absolute atomic E-state index is 0.905. The van der Waals surface area contributed by atoms with Crippen molar-refractivity contribution >= 4 is 10.8 Å². The van der Waals surface area contributed by atoms with Gasteiger partial charge in [-0.2, -0.15) is 0 Å². The topological polar surface area (TPSA) is 28.7 Å². The van der Waals surface area contributed by atoms with E-state index in [1.54, 1.807) is 0 Å². The standard InChI is InChI=1S/C20H16N2/c1-14-5-4-8-17(11-14)19-13-21-20(22-19)18-10-9-15-6-2-3-7-16(15)12-18/h2-13H,1H3,(H,21,22). The predicted octanol–water partition coefficient (Wildman–Crippen LogP) is 5.21. The molecule has 1 heterocycles. The molecule has 0 aliphatic heterocycles. The quantitative estimate of drug-likeness (QED) is 0.538. The molecule has 0 bridgehead atoms. The minimum Gasteiger partial charge on any atom is -0.344 e. The molecule has 0 amide bonds. The van der Waals surface area contributed by atoms with Crippen molar-refractivity contribution in [1.29, 1.82) is 0 Å². The number of hydrogen-bond acceptors (Lipinski definition) is 1. The third kappa shape index (κ3) is 2.29. The zero-order valence-corrected chi connectivity index (χ0v) is 12.4. The highest BCUT2D eigenvalue weighted by Gasteiger charge is 2.06. The number of imidazole rings is 1. The molecule has 3 aromatic carbocycles. The molecule has 2 nitrogen and oxygen atoms in total. The van der Waals surface area contributed by atoms with Crippen molar-refractivity contribution in [2.24, 2.45) is 0 Å². The molecule has 0 atom stereocenters. The first kappa shape index (κ1) is 12.8. The van der Waals surface area contributed by atoms with Crippen LogP contribution in [0.15, 0.2) is 72.9 Å². The molecule has 0 radical (unpaired) electrons. The van der Waals surface area contributed by atoms with Crippen LogP contribution in [0.3, 0.4) is 0 Å². The maximum atomic E-state index is 4.74.